The first kappa shape index (κ1) is 13.8. The lowest BCUT2D eigenvalue weighted by molar-refractivity contribution is 0.104. The van der Waals surface area contributed by atoms with E-state index in [1.165, 1.54) is 0 Å². The number of nitrogen functional groups attached to an aromatic ring is 1. The number of thiophene rings is 1. The zero-order chi connectivity index (χ0) is 14.3. The minimum absolute atomic E-state index is 0.0199. The molecule has 3 aromatic rings. The summed E-state index contributed by atoms with van der Waals surface area (Å²) in [5.41, 5.74) is 7.70. The van der Waals surface area contributed by atoms with Gasteiger partial charge in [0.15, 0.2) is 5.78 Å². The molecule has 1 heterocycles. The van der Waals surface area contributed by atoms with Crippen molar-refractivity contribution >= 4 is 64.8 Å². The molecule has 2 N–H and O–H groups in total. The molecule has 0 radical (unpaired) electrons. The highest BCUT2D eigenvalue weighted by Crippen LogP contribution is 2.35. The quantitative estimate of drug-likeness (QED) is 0.463. The van der Waals surface area contributed by atoms with Gasteiger partial charge in [-0.2, -0.15) is 0 Å². The summed E-state index contributed by atoms with van der Waals surface area (Å²) in [4.78, 5) is 12.7. The SMILES string of the molecule is Nc1cccc(C(=O)c2csc3c(Br)cccc23)c1Br. The number of anilines is 1. The van der Waals surface area contributed by atoms with E-state index in [2.05, 4.69) is 31.9 Å². The van der Waals surface area contributed by atoms with Crippen LogP contribution in [0.1, 0.15) is 15.9 Å². The number of carbonyl (C=O) groups excluding carboxylic acids is 1. The molecular weight excluding hydrogens is 402 g/mol. The van der Waals surface area contributed by atoms with Crippen LogP contribution in [-0.4, -0.2) is 5.78 Å². The maximum atomic E-state index is 12.7. The lowest BCUT2D eigenvalue weighted by atomic mass is 10.0. The average Bonchev–Trinajstić information content (AvgIpc) is 2.86. The predicted molar refractivity (Wildman–Crippen MR) is 91.5 cm³/mol. The molecule has 0 saturated carbocycles. The smallest absolute Gasteiger partial charge is 0.195 e. The summed E-state index contributed by atoms with van der Waals surface area (Å²) >= 11 is 8.46. The molecule has 0 aliphatic carbocycles. The molecule has 0 atom stereocenters. The number of rotatable bonds is 2. The number of ketones is 1. The van der Waals surface area contributed by atoms with Crippen LogP contribution in [0.2, 0.25) is 0 Å². The Kier molecular flexibility index (Phi) is 3.67. The van der Waals surface area contributed by atoms with Crippen molar-refractivity contribution in [2.24, 2.45) is 0 Å². The van der Waals surface area contributed by atoms with Gasteiger partial charge in [0.2, 0.25) is 0 Å². The molecule has 100 valence electrons. The summed E-state index contributed by atoms with van der Waals surface area (Å²) in [7, 11) is 0. The van der Waals surface area contributed by atoms with Crippen LogP contribution in [0.25, 0.3) is 10.1 Å². The predicted octanol–water partition coefficient (Wildman–Crippen LogP) is 5.24. The van der Waals surface area contributed by atoms with E-state index in [1.807, 2.05) is 23.6 Å². The van der Waals surface area contributed by atoms with Gasteiger partial charge in [-0.1, -0.05) is 18.2 Å². The van der Waals surface area contributed by atoms with Crippen LogP contribution in [0, 0.1) is 0 Å². The summed E-state index contributed by atoms with van der Waals surface area (Å²) in [6.45, 7) is 0. The van der Waals surface area contributed by atoms with Crippen LogP contribution < -0.4 is 5.73 Å². The molecule has 0 bridgehead atoms. The second-order valence-electron chi connectivity index (χ2n) is 4.30. The Balaban J connectivity index is 2.18. The highest BCUT2D eigenvalue weighted by atomic mass is 79.9. The molecule has 0 fully saturated rings. The average molecular weight is 411 g/mol. The maximum absolute atomic E-state index is 12.7. The first-order valence-electron chi connectivity index (χ1n) is 5.84. The third-order valence-corrected chi connectivity index (χ3v) is 5.91. The van der Waals surface area contributed by atoms with Crippen LogP contribution >= 0.6 is 43.2 Å². The first-order chi connectivity index (χ1) is 9.59. The van der Waals surface area contributed by atoms with Crippen molar-refractivity contribution in [3.8, 4) is 0 Å². The standard InChI is InChI=1S/C15H9Br2NOS/c16-11-5-1-3-8-10(7-20-15(8)11)14(19)9-4-2-6-12(18)13(9)17/h1-7H,18H2. The van der Waals surface area contributed by atoms with Crippen molar-refractivity contribution in [1.82, 2.24) is 0 Å². The van der Waals surface area contributed by atoms with Crippen LogP contribution in [0.5, 0.6) is 0 Å². The van der Waals surface area contributed by atoms with Gasteiger partial charge in [0.1, 0.15) is 0 Å². The fourth-order valence-corrected chi connectivity index (χ4v) is 4.11. The van der Waals surface area contributed by atoms with Gasteiger partial charge in [0.25, 0.3) is 0 Å². The van der Waals surface area contributed by atoms with Gasteiger partial charge in [-0.05, 0) is 50.1 Å². The molecule has 0 saturated heterocycles. The molecule has 1 aromatic heterocycles. The number of carbonyl (C=O) groups is 1. The van der Waals surface area contributed by atoms with E-state index >= 15 is 0 Å². The topological polar surface area (TPSA) is 43.1 Å². The van der Waals surface area contributed by atoms with Crippen molar-refractivity contribution in [2.75, 3.05) is 5.73 Å². The molecule has 0 spiro atoms. The first-order valence-corrected chi connectivity index (χ1v) is 8.30. The van der Waals surface area contributed by atoms with Crippen LogP contribution in [0.4, 0.5) is 5.69 Å². The van der Waals surface area contributed by atoms with Gasteiger partial charge in [-0.15, -0.1) is 11.3 Å². The van der Waals surface area contributed by atoms with E-state index in [-0.39, 0.29) is 5.78 Å². The Hall–Kier alpha value is -1.17. The van der Waals surface area contributed by atoms with E-state index in [1.54, 1.807) is 29.5 Å². The Morgan fingerprint density at radius 1 is 1.05 bits per heavy atom. The number of benzene rings is 2. The minimum Gasteiger partial charge on any atom is -0.398 e. The summed E-state index contributed by atoms with van der Waals surface area (Å²) in [6, 6.07) is 11.2. The van der Waals surface area contributed by atoms with Gasteiger partial charge in [0, 0.05) is 36.8 Å². The fraction of sp³-hybridized carbons (Fsp3) is 0. The van der Waals surface area contributed by atoms with Crippen molar-refractivity contribution < 1.29 is 4.79 Å². The number of halogens is 2. The van der Waals surface area contributed by atoms with Crippen molar-refractivity contribution in [3.05, 3.63) is 61.9 Å². The van der Waals surface area contributed by atoms with Gasteiger partial charge in [0.05, 0.1) is 4.47 Å². The van der Waals surface area contributed by atoms with E-state index < -0.39 is 0 Å². The molecule has 2 aromatic carbocycles. The number of fused-ring (bicyclic) bond motifs is 1. The maximum Gasteiger partial charge on any atom is 0.195 e. The molecular formula is C15H9Br2NOS. The summed E-state index contributed by atoms with van der Waals surface area (Å²) in [6.07, 6.45) is 0. The monoisotopic (exact) mass is 409 g/mol. The van der Waals surface area contributed by atoms with Crippen molar-refractivity contribution in [1.29, 1.82) is 0 Å². The fourth-order valence-electron chi connectivity index (χ4n) is 2.07. The number of hydrogen-bond donors (Lipinski definition) is 1. The van der Waals surface area contributed by atoms with E-state index in [4.69, 9.17) is 5.73 Å². The van der Waals surface area contributed by atoms with Gasteiger partial charge in [-0.25, -0.2) is 0 Å². The lowest BCUT2D eigenvalue weighted by Gasteiger charge is -2.05. The molecule has 0 aliphatic heterocycles. The van der Waals surface area contributed by atoms with Gasteiger partial charge >= 0.3 is 0 Å². The molecule has 0 amide bonds. The normalized spacial score (nSPS) is 10.9. The number of hydrogen-bond acceptors (Lipinski definition) is 3. The van der Waals surface area contributed by atoms with E-state index in [0.29, 0.717) is 21.3 Å². The Morgan fingerprint density at radius 3 is 2.60 bits per heavy atom. The zero-order valence-electron chi connectivity index (χ0n) is 10.2. The summed E-state index contributed by atoms with van der Waals surface area (Å²) in [5, 5.41) is 2.86. The highest BCUT2D eigenvalue weighted by Gasteiger charge is 2.18. The van der Waals surface area contributed by atoms with E-state index in [0.717, 1.165) is 14.6 Å². The van der Waals surface area contributed by atoms with Gasteiger partial charge < -0.3 is 5.73 Å². The van der Waals surface area contributed by atoms with Gasteiger partial charge in [-0.3, -0.25) is 4.79 Å². The molecule has 20 heavy (non-hydrogen) atoms. The minimum atomic E-state index is -0.0199. The summed E-state index contributed by atoms with van der Waals surface area (Å²) < 4.78 is 2.74. The largest absolute Gasteiger partial charge is 0.398 e. The van der Waals surface area contributed by atoms with E-state index in [9.17, 15) is 4.79 Å². The van der Waals surface area contributed by atoms with Crippen molar-refractivity contribution in [2.45, 2.75) is 0 Å². The Morgan fingerprint density at radius 2 is 1.80 bits per heavy atom. The third kappa shape index (κ3) is 2.20. The van der Waals surface area contributed by atoms with Crippen molar-refractivity contribution in [3.63, 3.8) is 0 Å². The Bertz CT molecular complexity index is 826. The van der Waals surface area contributed by atoms with Crippen LogP contribution in [-0.2, 0) is 0 Å². The molecule has 5 heteroatoms. The Labute approximate surface area is 136 Å². The summed E-state index contributed by atoms with van der Waals surface area (Å²) in [5.74, 6) is -0.0199. The molecule has 0 unspecified atom stereocenters. The zero-order valence-corrected chi connectivity index (χ0v) is 14.2. The lowest BCUT2D eigenvalue weighted by Crippen LogP contribution is -2.03. The van der Waals surface area contributed by atoms with Crippen LogP contribution in [0.15, 0.2) is 50.7 Å². The van der Waals surface area contributed by atoms with Crippen LogP contribution in [0.3, 0.4) is 0 Å². The second-order valence-corrected chi connectivity index (χ2v) is 6.83. The second kappa shape index (κ2) is 5.31. The highest BCUT2D eigenvalue weighted by molar-refractivity contribution is 9.11. The molecule has 3 rings (SSSR count). The number of nitrogens with two attached hydrogens (primary N) is 1. The molecule has 2 nitrogen and oxygen atoms in total. The molecule has 0 aliphatic rings. The third-order valence-electron chi connectivity index (χ3n) is 3.07.